The van der Waals surface area contributed by atoms with Crippen LogP contribution in [0.4, 0.5) is 0 Å². The monoisotopic (exact) mass is 530 g/mol. The molecule has 0 bridgehead atoms. The van der Waals surface area contributed by atoms with E-state index in [9.17, 15) is 33.9 Å². The van der Waals surface area contributed by atoms with Crippen LogP contribution >= 0.6 is 0 Å². The molecule has 0 aliphatic rings. The van der Waals surface area contributed by atoms with Crippen LogP contribution in [0, 0.1) is 0 Å². The number of rotatable bonds is 15. The third kappa shape index (κ3) is 9.69. The summed E-state index contributed by atoms with van der Waals surface area (Å²) in [4.78, 5) is 79.8. The quantitative estimate of drug-likeness (QED) is 0.115. The van der Waals surface area contributed by atoms with Crippen LogP contribution in [0.2, 0.25) is 0 Å². The van der Waals surface area contributed by atoms with E-state index in [1.165, 1.54) is 12.5 Å². The molecule has 11 N–H and O–H groups in total. The smallest absolute Gasteiger partial charge is 0.326 e. The molecular formula is C23H30N8O7. The van der Waals surface area contributed by atoms with Gasteiger partial charge in [0.05, 0.1) is 25.2 Å². The van der Waals surface area contributed by atoms with Crippen LogP contribution in [-0.4, -0.2) is 74.7 Å². The third-order valence-corrected chi connectivity index (χ3v) is 5.31. The van der Waals surface area contributed by atoms with Crippen molar-refractivity contribution in [2.24, 2.45) is 17.2 Å². The Labute approximate surface area is 216 Å². The molecule has 0 spiro atoms. The van der Waals surface area contributed by atoms with Crippen molar-refractivity contribution in [2.75, 3.05) is 0 Å². The molecule has 0 aliphatic heterocycles. The van der Waals surface area contributed by atoms with Crippen LogP contribution in [0.25, 0.3) is 0 Å². The maximum absolute atomic E-state index is 12.9. The fourth-order valence-corrected chi connectivity index (χ4v) is 3.42. The Morgan fingerprint density at radius 2 is 1.34 bits per heavy atom. The molecule has 0 aliphatic carbocycles. The Bertz CT molecular complexity index is 1140. The number of carbonyl (C=O) groups is 6. The van der Waals surface area contributed by atoms with E-state index in [0.717, 1.165) is 0 Å². The standard InChI is InChI=1S/C23H30N8O7/c24-14(7-13-10-27-11-28-13)20(34)29-15(8-18(25)32)21(35)30-16(9-19(26)33)22(36)31-17(23(37)38)6-12-4-2-1-3-5-12/h1-5,10-11,14-17H,6-9,24H2,(H2,25,32)(H2,26,33)(H,27,28)(H,29,34)(H,30,35)(H,31,36)(H,37,38). The number of amides is 5. The number of nitrogens with two attached hydrogens (primary N) is 3. The molecule has 0 saturated carbocycles. The molecule has 2 aromatic rings. The summed E-state index contributed by atoms with van der Waals surface area (Å²) >= 11 is 0. The molecular weight excluding hydrogens is 500 g/mol. The van der Waals surface area contributed by atoms with Crippen LogP contribution < -0.4 is 33.2 Å². The second-order valence-electron chi connectivity index (χ2n) is 8.44. The van der Waals surface area contributed by atoms with E-state index >= 15 is 0 Å². The Morgan fingerprint density at radius 1 is 0.816 bits per heavy atom. The third-order valence-electron chi connectivity index (χ3n) is 5.31. The first-order valence-electron chi connectivity index (χ1n) is 11.4. The zero-order valence-electron chi connectivity index (χ0n) is 20.3. The molecule has 1 heterocycles. The molecule has 5 amide bonds. The summed E-state index contributed by atoms with van der Waals surface area (Å²) in [6.07, 6.45) is 1.48. The summed E-state index contributed by atoms with van der Waals surface area (Å²) in [6, 6.07) is 2.79. The van der Waals surface area contributed by atoms with Gasteiger partial charge in [0, 0.05) is 24.7 Å². The van der Waals surface area contributed by atoms with Gasteiger partial charge in [0.2, 0.25) is 29.5 Å². The summed E-state index contributed by atoms with van der Waals surface area (Å²) in [5, 5.41) is 16.3. The van der Waals surface area contributed by atoms with Crippen molar-refractivity contribution in [3.05, 3.63) is 54.1 Å². The first-order valence-corrected chi connectivity index (χ1v) is 11.4. The minimum atomic E-state index is -1.61. The maximum Gasteiger partial charge on any atom is 0.326 e. The second kappa shape index (κ2) is 14.1. The van der Waals surface area contributed by atoms with Gasteiger partial charge < -0.3 is 43.2 Å². The average molecular weight is 531 g/mol. The number of hydrogen-bond acceptors (Lipinski definition) is 8. The number of nitrogens with zero attached hydrogens (tertiary/aromatic N) is 1. The van der Waals surface area contributed by atoms with Gasteiger partial charge in [-0.2, -0.15) is 0 Å². The highest BCUT2D eigenvalue weighted by molar-refractivity contribution is 5.97. The lowest BCUT2D eigenvalue weighted by molar-refractivity contribution is -0.142. The van der Waals surface area contributed by atoms with Crippen molar-refractivity contribution >= 4 is 35.5 Å². The number of carbonyl (C=O) groups excluding carboxylic acids is 5. The van der Waals surface area contributed by atoms with E-state index in [4.69, 9.17) is 17.2 Å². The van der Waals surface area contributed by atoms with Crippen LogP contribution in [0.1, 0.15) is 24.1 Å². The summed E-state index contributed by atoms with van der Waals surface area (Å²) in [6.45, 7) is 0. The summed E-state index contributed by atoms with van der Waals surface area (Å²) in [5.74, 6) is -6.13. The SMILES string of the molecule is NC(=O)CC(NC(=O)C(N)Cc1cnc[nH]1)C(=O)NC(CC(N)=O)C(=O)NC(Cc1ccccc1)C(=O)O. The fourth-order valence-electron chi connectivity index (χ4n) is 3.42. The van der Waals surface area contributed by atoms with Gasteiger partial charge in [0.1, 0.15) is 18.1 Å². The molecule has 1 aromatic carbocycles. The lowest BCUT2D eigenvalue weighted by Crippen LogP contribution is -2.58. The molecule has 0 saturated heterocycles. The van der Waals surface area contributed by atoms with Crippen molar-refractivity contribution in [3.63, 3.8) is 0 Å². The number of aromatic amines is 1. The number of carboxylic acids is 1. The van der Waals surface area contributed by atoms with Gasteiger partial charge in [-0.05, 0) is 5.56 Å². The van der Waals surface area contributed by atoms with E-state index in [0.29, 0.717) is 11.3 Å². The summed E-state index contributed by atoms with van der Waals surface area (Å²) in [5.41, 5.74) is 17.4. The van der Waals surface area contributed by atoms with Crippen molar-refractivity contribution in [1.82, 2.24) is 25.9 Å². The molecule has 1 aromatic heterocycles. The van der Waals surface area contributed by atoms with Gasteiger partial charge in [-0.3, -0.25) is 24.0 Å². The van der Waals surface area contributed by atoms with Gasteiger partial charge in [-0.15, -0.1) is 0 Å². The molecule has 4 atom stereocenters. The molecule has 2 rings (SSSR count). The predicted octanol–water partition coefficient (Wildman–Crippen LogP) is -3.19. The largest absolute Gasteiger partial charge is 0.480 e. The van der Waals surface area contributed by atoms with Crippen LogP contribution in [0.3, 0.4) is 0 Å². The van der Waals surface area contributed by atoms with Crippen LogP contribution in [-0.2, 0) is 41.6 Å². The van der Waals surface area contributed by atoms with E-state index in [2.05, 4.69) is 25.9 Å². The number of hydrogen-bond donors (Lipinski definition) is 8. The van der Waals surface area contributed by atoms with Crippen molar-refractivity contribution < 1.29 is 33.9 Å². The van der Waals surface area contributed by atoms with Gasteiger partial charge >= 0.3 is 5.97 Å². The van der Waals surface area contributed by atoms with Gasteiger partial charge in [-0.1, -0.05) is 30.3 Å². The first-order chi connectivity index (χ1) is 18.0. The molecule has 38 heavy (non-hydrogen) atoms. The number of carboxylic acid groups (broad SMARTS) is 1. The lowest BCUT2D eigenvalue weighted by atomic mass is 10.0. The van der Waals surface area contributed by atoms with Gasteiger partial charge in [-0.25, -0.2) is 9.78 Å². The number of aromatic nitrogens is 2. The van der Waals surface area contributed by atoms with Crippen molar-refractivity contribution in [1.29, 1.82) is 0 Å². The molecule has 204 valence electrons. The predicted molar refractivity (Wildman–Crippen MR) is 131 cm³/mol. The number of primary amides is 2. The number of H-pyrrole nitrogens is 1. The Balaban J connectivity index is 2.12. The summed E-state index contributed by atoms with van der Waals surface area (Å²) in [7, 11) is 0. The minimum Gasteiger partial charge on any atom is -0.480 e. The van der Waals surface area contributed by atoms with E-state index in [1.807, 2.05) is 0 Å². The van der Waals surface area contributed by atoms with Crippen molar-refractivity contribution in [2.45, 2.75) is 49.9 Å². The van der Waals surface area contributed by atoms with E-state index < -0.39 is 72.5 Å². The highest BCUT2D eigenvalue weighted by Crippen LogP contribution is 2.06. The highest BCUT2D eigenvalue weighted by atomic mass is 16.4. The van der Waals surface area contributed by atoms with E-state index in [1.54, 1.807) is 30.3 Å². The Hall–Kier alpha value is -4.79. The Kier molecular flexibility index (Phi) is 10.9. The molecule has 15 heteroatoms. The zero-order chi connectivity index (χ0) is 28.2. The zero-order valence-corrected chi connectivity index (χ0v) is 20.3. The number of imidazole rings is 1. The topological polar surface area (TPSA) is 265 Å². The van der Waals surface area contributed by atoms with Crippen LogP contribution in [0.5, 0.6) is 0 Å². The molecule has 15 nitrogen and oxygen atoms in total. The van der Waals surface area contributed by atoms with Gasteiger partial charge in [0.25, 0.3) is 0 Å². The first kappa shape index (κ1) is 29.4. The summed E-state index contributed by atoms with van der Waals surface area (Å²) < 4.78 is 0. The number of aliphatic carboxylic acids is 1. The maximum atomic E-state index is 12.9. The Morgan fingerprint density at radius 3 is 1.82 bits per heavy atom. The number of nitrogens with one attached hydrogen (secondary N) is 4. The van der Waals surface area contributed by atoms with Crippen LogP contribution in [0.15, 0.2) is 42.9 Å². The fraction of sp³-hybridized carbons (Fsp3) is 0.348. The normalized spacial score (nSPS) is 13.8. The van der Waals surface area contributed by atoms with E-state index in [-0.39, 0.29) is 12.8 Å². The highest BCUT2D eigenvalue weighted by Gasteiger charge is 2.32. The second-order valence-corrected chi connectivity index (χ2v) is 8.44. The van der Waals surface area contributed by atoms with Crippen molar-refractivity contribution in [3.8, 4) is 0 Å². The molecule has 4 unspecified atom stereocenters. The van der Waals surface area contributed by atoms with Gasteiger partial charge in [0.15, 0.2) is 0 Å². The average Bonchev–Trinajstić information content (AvgIpc) is 3.35. The molecule has 0 fully saturated rings. The minimum absolute atomic E-state index is 0.0431. The molecule has 0 radical (unpaired) electrons. The lowest BCUT2D eigenvalue weighted by Gasteiger charge is -2.24. The number of benzene rings is 1.